The van der Waals surface area contributed by atoms with Crippen LogP contribution < -0.4 is 10.6 Å². The lowest BCUT2D eigenvalue weighted by Gasteiger charge is -2.22. The van der Waals surface area contributed by atoms with Gasteiger partial charge < -0.3 is 20.9 Å². The van der Waals surface area contributed by atoms with Crippen molar-refractivity contribution < 1.29 is 10.3 Å². The summed E-state index contributed by atoms with van der Waals surface area (Å²) in [4.78, 5) is 6.13. The summed E-state index contributed by atoms with van der Waals surface area (Å²) in [5.41, 5.74) is 8.57. The fourth-order valence-corrected chi connectivity index (χ4v) is 1.75. The number of amidine groups is 1. The molecule has 0 saturated heterocycles. The lowest BCUT2D eigenvalue weighted by Crippen LogP contribution is -2.27. The molecule has 0 bridgehead atoms. The number of hydrogen-bond donors (Lipinski definition) is 3. The minimum Gasteiger partial charge on any atom is -0.409 e. The average Bonchev–Trinajstić information content (AvgIpc) is 2.27. The second-order valence-electron chi connectivity index (χ2n) is 3.87. The van der Waals surface area contributed by atoms with Crippen LogP contribution in [0.5, 0.6) is 0 Å². The van der Waals surface area contributed by atoms with E-state index < -0.39 is 0 Å². The van der Waals surface area contributed by atoms with Gasteiger partial charge in [-0.1, -0.05) is 5.16 Å². The summed E-state index contributed by atoms with van der Waals surface area (Å²) in [6.45, 7) is 4.18. The number of oxime groups is 1. The van der Waals surface area contributed by atoms with E-state index in [1.165, 1.54) is 0 Å². The van der Waals surface area contributed by atoms with E-state index in [-0.39, 0.29) is 12.4 Å². The van der Waals surface area contributed by atoms with Gasteiger partial charge in [0.2, 0.25) is 0 Å². The van der Waals surface area contributed by atoms with Gasteiger partial charge in [-0.2, -0.15) is 0 Å². The van der Waals surface area contributed by atoms with Crippen LogP contribution in [0.4, 0.5) is 5.69 Å². The molecule has 1 aromatic heterocycles. The molecule has 0 aliphatic carbocycles. The molecule has 6 nitrogen and oxygen atoms in total. The van der Waals surface area contributed by atoms with E-state index >= 15 is 0 Å². The lowest BCUT2D eigenvalue weighted by atomic mass is 10.1. The standard InChI is InChI=1S/C11H18N4O2/c1-7-6-9(15(3)4-5-16)10(8(2)13-7)11(12)14-17/h6,16-17H,4-5H2,1-3H3,(H2,12,14). The van der Waals surface area contributed by atoms with Crippen molar-refractivity contribution in [2.45, 2.75) is 13.8 Å². The minimum absolute atomic E-state index is 0.0230. The number of nitrogens with two attached hydrogens (primary N) is 1. The molecule has 4 N–H and O–H groups in total. The van der Waals surface area contributed by atoms with Gasteiger partial charge >= 0.3 is 0 Å². The third kappa shape index (κ3) is 2.85. The van der Waals surface area contributed by atoms with Crippen molar-refractivity contribution in [1.29, 1.82) is 0 Å². The Kier molecular flexibility index (Phi) is 4.28. The summed E-state index contributed by atoms with van der Waals surface area (Å²) in [7, 11) is 1.83. The smallest absolute Gasteiger partial charge is 0.174 e. The van der Waals surface area contributed by atoms with Gasteiger partial charge in [0, 0.05) is 19.3 Å². The molecule has 0 unspecified atom stereocenters. The van der Waals surface area contributed by atoms with Crippen LogP contribution in [0.15, 0.2) is 11.2 Å². The van der Waals surface area contributed by atoms with E-state index in [0.717, 1.165) is 11.4 Å². The largest absolute Gasteiger partial charge is 0.409 e. The number of aromatic nitrogens is 1. The molecule has 0 aliphatic heterocycles. The number of rotatable bonds is 4. The molecule has 0 radical (unpaired) electrons. The average molecular weight is 238 g/mol. The number of hydrogen-bond acceptors (Lipinski definition) is 5. The van der Waals surface area contributed by atoms with Gasteiger partial charge in [0.05, 0.1) is 23.6 Å². The number of anilines is 1. The van der Waals surface area contributed by atoms with Crippen LogP contribution in [0.2, 0.25) is 0 Å². The highest BCUT2D eigenvalue weighted by molar-refractivity contribution is 6.03. The molecular weight excluding hydrogens is 220 g/mol. The molecule has 17 heavy (non-hydrogen) atoms. The van der Waals surface area contributed by atoms with E-state index in [4.69, 9.17) is 16.0 Å². The van der Waals surface area contributed by atoms with Crippen molar-refractivity contribution in [2.24, 2.45) is 10.9 Å². The van der Waals surface area contributed by atoms with Gasteiger partial charge in [-0.15, -0.1) is 0 Å². The molecule has 0 saturated carbocycles. The molecule has 0 amide bonds. The van der Waals surface area contributed by atoms with Crippen molar-refractivity contribution in [3.63, 3.8) is 0 Å². The van der Waals surface area contributed by atoms with Crippen molar-refractivity contribution in [1.82, 2.24) is 4.98 Å². The molecule has 0 fully saturated rings. The summed E-state index contributed by atoms with van der Waals surface area (Å²) >= 11 is 0. The number of aliphatic hydroxyl groups is 1. The van der Waals surface area contributed by atoms with E-state index in [1.807, 2.05) is 24.9 Å². The first-order chi connectivity index (χ1) is 8.01. The lowest BCUT2D eigenvalue weighted by molar-refractivity contribution is 0.304. The molecule has 0 aromatic carbocycles. The van der Waals surface area contributed by atoms with Crippen LogP contribution in [-0.2, 0) is 0 Å². The van der Waals surface area contributed by atoms with Crippen molar-refractivity contribution >= 4 is 11.5 Å². The number of aryl methyl sites for hydroxylation is 2. The Morgan fingerprint density at radius 1 is 1.53 bits per heavy atom. The van der Waals surface area contributed by atoms with Crippen LogP contribution in [0.3, 0.4) is 0 Å². The van der Waals surface area contributed by atoms with Gasteiger partial charge in [-0.05, 0) is 19.9 Å². The molecule has 94 valence electrons. The molecule has 1 rings (SSSR count). The molecule has 0 atom stereocenters. The molecule has 1 aromatic rings. The fraction of sp³-hybridized carbons (Fsp3) is 0.455. The second kappa shape index (κ2) is 5.49. The number of pyridine rings is 1. The monoisotopic (exact) mass is 238 g/mol. The van der Waals surface area contributed by atoms with Crippen molar-refractivity contribution in [2.75, 3.05) is 25.1 Å². The molecule has 1 heterocycles. The maximum absolute atomic E-state index is 8.96. The second-order valence-corrected chi connectivity index (χ2v) is 3.87. The molecule has 6 heteroatoms. The summed E-state index contributed by atoms with van der Waals surface area (Å²) in [5.74, 6) is 0.0230. The highest BCUT2D eigenvalue weighted by atomic mass is 16.4. The predicted octanol–water partition coefficient (Wildman–Crippen LogP) is 0.221. The van der Waals surface area contributed by atoms with E-state index in [2.05, 4.69) is 10.1 Å². The Bertz CT molecular complexity index is 432. The quantitative estimate of drug-likeness (QED) is 0.302. The first-order valence-electron chi connectivity index (χ1n) is 5.29. The summed E-state index contributed by atoms with van der Waals surface area (Å²) < 4.78 is 0. The first kappa shape index (κ1) is 13.2. The van der Waals surface area contributed by atoms with Crippen molar-refractivity contribution in [3.05, 3.63) is 23.0 Å². The van der Waals surface area contributed by atoms with Crippen LogP contribution >= 0.6 is 0 Å². The Morgan fingerprint density at radius 3 is 2.71 bits per heavy atom. The van der Waals surface area contributed by atoms with Crippen molar-refractivity contribution in [3.8, 4) is 0 Å². The van der Waals surface area contributed by atoms with Gasteiger partial charge in [0.15, 0.2) is 5.84 Å². The Hall–Kier alpha value is -1.82. The van der Waals surface area contributed by atoms with Crippen LogP contribution in [0, 0.1) is 13.8 Å². The summed E-state index contributed by atoms with van der Waals surface area (Å²) in [5, 5.41) is 20.8. The topological polar surface area (TPSA) is 95.0 Å². The minimum atomic E-state index is 0.0230. The van der Waals surface area contributed by atoms with Crippen LogP contribution in [0.25, 0.3) is 0 Å². The van der Waals surface area contributed by atoms with Gasteiger partial charge in [-0.3, -0.25) is 4.98 Å². The fourth-order valence-electron chi connectivity index (χ4n) is 1.75. The zero-order valence-corrected chi connectivity index (χ0v) is 10.3. The van der Waals surface area contributed by atoms with E-state index in [0.29, 0.717) is 17.8 Å². The maximum Gasteiger partial charge on any atom is 0.174 e. The summed E-state index contributed by atoms with van der Waals surface area (Å²) in [6, 6.07) is 1.84. The summed E-state index contributed by atoms with van der Waals surface area (Å²) in [6.07, 6.45) is 0. The van der Waals surface area contributed by atoms with Gasteiger partial charge in [-0.25, -0.2) is 0 Å². The van der Waals surface area contributed by atoms with E-state index in [1.54, 1.807) is 6.92 Å². The zero-order chi connectivity index (χ0) is 13.0. The number of likely N-dealkylation sites (N-methyl/N-ethyl adjacent to an activating group) is 1. The maximum atomic E-state index is 8.96. The predicted molar refractivity (Wildman–Crippen MR) is 66.6 cm³/mol. The highest BCUT2D eigenvalue weighted by Crippen LogP contribution is 2.22. The van der Waals surface area contributed by atoms with Crippen LogP contribution in [-0.4, -0.2) is 41.3 Å². The SMILES string of the molecule is Cc1cc(N(C)CCO)c(/C(N)=N/O)c(C)n1. The Balaban J connectivity index is 3.35. The van der Waals surface area contributed by atoms with E-state index in [9.17, 15) is 0 Å². The molecule has 0 spiro atoms. The highest BCUT2D eigenvalue weighted by Gasteiger charge is 2.15. The Morgan fingerprint density at radius 2 is 2.18 bits per heavy atom. The third-order valence-corrected chi connectivity index (χ3v) is 2.52. The first-order valence-corrected chi connectivity index (χ1v) is 5.29. The number of aliphatic hydroxyl groups excluding tert-OH is 1. The molecule has 0 aliphatic rings. The third-order valence-electron chi connectivity index (χ3n) is 2.52. The normalized spacial score (nSPS) is 11.6. The molecular formula is C11H18N4O2. The number of nitrogens with zero attached hydrogens (tertiary/aromatic N) is 3. The van der Waals surface area contributed by atoms with Gasteiger partial charge in [0.25, 0.3) is 0 Å². The zero-order valence-electron chi connectivity index (χ0n) is 10.3. The van der Waals surface area contributed by atoms with Crippen LogP contribution in [0.1, 0.15) is 17.0 Å². The van der Waals surface area contributed by atoms with Gasteiger partial charge in [0.1, 0.15) is 0 Å². The Labute approximate surface area is 100 Å².